The molecule has 2 aromatic rings. The first-order chi connectivity index (χ1) is 9.70. The van der Waals surface area contributed by atoms with Gasteiger partial charge in [-0.1, -0.05) is 24.3 Å². The molecule has 104 valence electrons. The first-order valence-corrected chi connectivity index (χ1v) is 6.63. The first kappa shape index (κ1) is 14.2. The van der Waals surface area contributed by atoms with Gasteiger partial charge in [0.15, 0.2) is 0 Å². The Hall–Kier alpha value is -2.20. The van der Waals surface area contributed by atoms with Crippen LogP contribution in [0.25, 0.3) is 11.3 Å². The van der Waals surface area contributed by atoms with Gasteiger partial charge in [-0.25, -0.2) is 0 Å². The molecule has 0 aliphatic carbocycles. The van der Waals surface area contributed by atoms with Gasteiger partial charge in [-0.05, 0) is 30.7 Å². The number of carbonyl (C=O) groups is 1. The Bertz CT molecular complexity index is 570. The van der Waals surface area contributed by atoms with Crippen LogP contribution >= 0.6 is 0 Å². The lowest BCUT2D eigenvalue weighted by Crippen LogP contribution is -2.17. The fraction of sp³-hybridized carbons (Fsp3) is 0.250. The molecule has 4 nitrogen and oxygen atoms in total. The molecule has 0 aliphatic heterocycles. The average Bonchev–Trinajstić information content (AvgIpc) is 2.48. The van der Waals surface area contributed by atoms with E-state index in [4.69, 9.17) is 10.5 Å². The summed E-state index contributed by atoms with van der Waals surface area (Å²) in [6.07, 6.45) is 1.93. The quantitative estimate of drug-likeness (QED) is 0.848. The number of benzene rings is 1. The Kier molecular flexibility index (Phi) is 4.85. The van der Waals surface area contributed by atoms with E-state index in [1.165, 1.54) is 0 Å². The Morgan fingerprint density at radius 1 is 1.30 bits per heavy atom. The summed E-state index contributed by atoms with van der Waals surface area (Å²) in [7, 11) is 0. The van der Waals surface area contributed by atoms with E-state index in [0.29, 0.717) is 6.61 Å². The van der Waals surface area contributed by atoms with Crippen LogP contribution in [0.1, 0.15) is 24.9 Å². The smallest absolute Gasteiger partial charge is 0.307 e. The predicted octanol–water partition coefficient (Wildman–Crippen LogP) is 2.70. The van der Waals surface area contributed by atoms with E-state index in [2.05, 4.69) is 4.98 Å². The molecule has 1 aromatic carbocycles. The highest BCUT2D eigenvalue weighted by molar-refractivity contribution is 5.70. The Balaban J connectivity index is 2.15. The zero-order chi connectivity index (χ0) is 14.4. The van der Waals surface area contributed by atoms with Crippen LogP contribution in [0.2, 0.25) is 0 Å². The van der Waals surface area contributed by atoms with E-state index in [0.717, 1.165) is 16.8 Å². The number of hydrogen-bond acceptors (Lipinski definition) is 4. The van der Waals surface area contributed by atoms with Crippen LogP contribution in [0.4, 0.5) is 0 Å². The lowest BCUT2D eigenvalue weighted by atomic mass is 10.0. The molecule has 0 saturated heterocycles. The minimum absolute atomic E-state index is 0.180. The minimum Gasteiger partial charge on any atom is -0.466 e. The SMILES string of the molecule is CCOC(=O)C[C@H](N)c1cccc(-c2ccccn2)c1. The molecule has 1 heterocycles. The number of pyridine rings is 1. The van der Waals surface area contributed by atoms with E-state index in [-0.39, 0.29) is 18.4 Å². The molecule has 2 rings (SSSR count). The van der Waals surface area contributed by atoms with Crippen molar-refractivity contribution in [2.24, 2.45) is 5.73 Å². The Morgan fingerprint density at radius 2 is 2.15 bits per heavy atom. The normalized spacial score (nSPS) is 11.9. The average molecular weight is 270 g/mol. The summed E-state index contributed by atoms with van der Waals surface area (Å²) in [5.41, 5.74) is 8.83. The fourth-order valence-electron chi connectivity index (χ4n) is 1.98. The number of rotatable bonds is 5. The van der Waals surface area contributed by atoms with Gasteiger partial charge < -0.3 is 10.5 Å². The van der Waals surface area contributed by atoms with Gasteiger partial charge in [0.25, 0.3) is 0 Å². The summed E-state index contributed by atoms with van der Waals surface area (Å²) in [5, 5.41) is 0. The molecule has 1 aromatic heterocycles. The molecule has 0 spiro atoms. The molecule has 0 fully saturated rings. The van der Waals surface area contributed by atoms with Gasteiger partial charge >= 0.3 is 5.97 Å². The molecule has 0 unspecified atom stereocenters. The summed E-state index contributed by atoms with van der Waals surface area (Å²) in [6.45, 7) is 2.16. The molecule has 20 heavy (non-hydrogen) atoms. The number of esters is 1. The van der Waals surface area contributed by atoms with E-state index in [1.54, 1.807) is 13.1 Å². The molecule has 0 bridgehead atoms. The molecule has 0 aliphatic rings. The van der Waals surface area contributed by atoms with Crippen LogP contribution in [0, 0.1) is 0 Å². The van der Waals surface area contributed by atoms with Gasteiger partial charge in [-0.3, -0.25) is 9.78 Å². The second kappa shape index (κ2) is 6.82. The Labute approximate surface area is 118 Å². The molecule has 1 atom stereocenters. The number of aromatic nitrogens is 1. The van der Waals surface area contributed by atoms with Gasteiger partial charge in [0.05, 0.1) is 18.7 Å². The number of hydrogen-bond donors (Lipinski definition) is 1. The van der Waals surface area contributed by atoms with Crippen molar-refractivity contribution >= 4 is 5.97 Å². The van der Waals surface area contributed by atoms with E-state index >= 15 is 0 Å². The maximum atomic E-state index is 11.5. The van der Waals surface area contributed by atoms with Gasteiger partial charge in [0.2, 0.25) is 0 Å². The summed E-state index contributed by atoms with van der Waals surface area (Å²) in [4.78, 5) is 15.8. The molecule has 0 radical (unpaired) electrons. The highest BCUT2D eigenvalue weighted by Gasteiger charge is 2.13. The Morgan fingerprint density at radius 3 is 2.85 bits per heavy atom. The standard InChI is InChI=1S/C16H18N2O2/c1-2-20-16(19)11-14(17)12-6-5-7-13(10-12)15-8-3-4-9-18-15/h3-10,14H,2,11,17H2,1H3/t14-/m0/s1. The van der Waals surface area contributed by atoms with Crippen molar-refractivity contribution < 1.29 is 9.53 Å². The summed E-state index contributed by atoms with van der Waals surface area (Å²) in [6, 6.07) is 13.2. The molecular weight excluding hydrogens is 252 g/mol. The third-order valence-electron chi connectivity index (χ3n) is 2.97. The maximum Gasteiger partial charge on any atom is 0.307 e. The van der Waals surface area contributed by atoms with Crippen molar-refractivity contribution in [3.8, 4) is 11.3 Å². The van der Waals surface area contributed by atoms with E-state index in [1.807, 2.05) is 42.5 Å². The molecule has 2 N–H and O–H groups in total. The van der Waals surface area contributed by atoms with Crippen molar-refractivity contribution in [3.05, 3.63) is 54.2 Å². The number of nitrogens with two attached hydrogens (primary N) is 1. The van der Waals surface area contributed by atoms with Gasteiger partial charge in [-0.2, -0.15) is 0 Å². The van der Waals surface area contributed by atoms with Gasteiger partial charge in [0, 0.05) is 17.8 Å². The van der Waals surface area contributed by atoms with Crippen molar-refractivity contribution in [1.29, 1.82) is 0 Å². The van der Waals surface area contributed by atoms with Crippen LogP contribution in [0.3, 0.4) is 0 Å². The fourth-order valence-corrected chi connectivity index (χ4v) is 1.98. The molecule has 0 saturated carbocycles. The van der Waals surface area contributed by atoms with Crippen molar-refractivity contribution in [2.75, 3.05) is 6.61 Å². The summed E-state index contributed by atoms with van der Waals surface area (Å²) in [5.74, 6) is -0.275. The third-order valence-corrected chi connectivity index (χ3v) is 2.97. The molecular formula is C16H18N2O2. The lowest BCUT2D eigenvalue weighted by Gasteiger charge is -2.12. The molecule has 4 heteroatoms. The highest BCUT2D eigenvalue weighted by atomic mass is 16.5. The van der Waals surface area contributed by atoms with E-state index < -0.39 is 0 Å². The number of nitrogens with zero attached hydrogens (tertiary/aromatic N) is 1. The van der Waals surface area contributed by atoms with E-state index in [9.17, 15) is 4.79 Å². The lowest BCUT2D eigenvalue weighted by molar-refractivity contribution is -0.143. The zero-order valence-corrected chi connectivity index (χ0v) is 11.5. The first-order valence-electron chi connectivity index (χ1n) is 6.63. The largest absolute Gasteiger partial charge is 0.466 e. The van der Waals surface area contributed by atoms with Crippen LogP contribution in [0.15, 0.2) is 48.7 Å². The van der Waals surface area contributed by atoms with Crippen molar-refractivity contribution in [3.63, 3.8) is 0 Å². The minimum atomic E-state index is -0.363. The number of carbonyl (C=O) groups excluding carboxylic acids is 1. The predicted molar refractivity (Wildman–Crippen MR) is 77.9 cm³/mol. The van der Waals surface area contributed by atoms with Crippen LogP contribution in [0.5, 0.6) is 0 Å². The van der Waals surface area contributed by atoms with Crippen molar-refractivity contribution in [2.45, 2.75) is 19.4 Å². The monoisotopic (exact) mass is 270 g/mol. The van der Waals surface area contributed by atoms with Crippen LogP contribution in [-0.4, -0.2) is 17.6 Å². The topological polar surface area (TPSA) is 65.2 Å². The van der Waals surface area contributed by atoms with Crippen molar-refractivity contribution in [1.82, 2.24) is 4.98 Å². The van der Waals surface area contributed by atoms with Gasteiger partial charge in [-0.15, -0.1) is 0 Å². The maximum absolute atomic E-state index is 11.5. The summed E-state index contributed by atoms with van der Waals surface area (Å²) < 4.78 is 4.92. The number of ether oxygens (including phenoxy) is 1. The second-order valence-electron chi connectivity index (χ2n) is 4.46. The summed E-state index contributed by atoms with van der Waals surface area (Å²) >= 11 is 0. The third kappa shape index (κ3) is 3.65. The molecule has 0 amide bonds. The zero-order valence-electron chi connectivity index (χ0n) is 11.5. The van der Waals surface area contributed by atoms with Crippen LogP contribution in [-0.2, 0) is 9.53 Å². The second-order valence-corrected chi connectivity index (χ2v) is 4.46. The van der Waals surface area contributed by atoms with Gasteiger partial charge in [0.1, 0.15) is 0 Å². The highest BCUT2D eigenvalue weighted by Crippen LogP contribution is 2.22. The van der Waals surface area contributed by atoms with Crippen LogP contribution < -0.4 is 5.73 Å².